The zero-order chi connectivity index (χ0) is 20.6. The molecule has 1 aliphatic carbocycles. The molecular formula is C28H46O. The van der Waals surface area contributed by atoms with Gasteiger partial charge in [0.1, 0.15) is 5.75 Å². The normalized spacial score (nSPS) is 16.6. The molecular weight excluding hydrogens is 352 g/mol. The molecule has 2 rings (SSSR count). The van der Waals surface area contributed by atoms with Gasteiger partial charge in [0.05, 0.1) is 6.61 Å². The summed E-state index contributed by atoms with van der Waals surface area (Å²) in [6, 6.07) is 8.80. The maximum atomic E-state index is 5.82. The highest BCUT2D eigenvalue weighted by Crippen LogP contribution is 2.30. The van der Waals surface area contributed by atoms with Crippen LogP contribution in [0.3, 0.4) is 0 Å². The first kappa shape index (κ1) is 24.0. The number of hydrogen-bond donors (Lipinski definition) is 0. The van der Waals surface area contributed by atoms with Crippen LogP contribution in [0.1, 0.15) is 116 Å². The van der Waals surface area contributed by atoms with Crippen LogP contribution >= 0.6 is 0 Å². The van der Waals surface area contributed by atoms with Gasteiger partial charge in [-0.3, -0.25) is 0 Å². The summed E-state index contributed by atoms with van der Waals surface area (Å²) in [6.07, 6.45) is 24.2. The molecule has 0 aliphatic heterocycles. The number of benzene rings is 1. The second kappa shape index (κ2) is 15.6. The molecule has 0 aromatic heterocycles. The molecule has 1 aromatic rings. The average Bonchev–Trinajstić information content (AvgIpc) is 2.76. The van der Waals surface area contributed by atoms with Gasteiger partial charge in [0.2, 0.25) is 0 Å². The molecule has 0 amide bonds. The molecule has 1 unspecified atom stereocenters. The Kier molecular flexibility index (Phi) is 12.9. The Labute approximate surface area is 181 Å². The molecule has 0 bridgehead atoms. The van der Waals surface area contributed by atoms with Crippen LogP contribution < -0.4 is 4.74 Å². The first-order chi connectivity index (χ1) is 14.3. The third-order valence-electron chi connectivity index (χ3n) is 6.50. The van der Waals surface area contributed by atoms with Gasteiger partial charge >= 0.3 is 0 Å². The fourth-order valence-corrected chi connectivity index (χ4v) is 4.42. The fraction of sp³-hybridized carbons (Fsp3) is 0.714. The van der Waals surface area contributed by atoms with E-state index in [-0.39, 0.29) is 0 Å². The predicted octanol–water partition coefficient (Wildman–Crippen LogP) is 9.06. The lowest BCUT2D eigenvalue weighted by Crippen LogP contribution is -2.06. The highest BCUT2D eigenvalue weighted by atomic mass is 16.5. The van der Waals surface area contributed by atoms with E-state index in [1.165, 1.54) is 102 Å². The minimum Gasteiger partial charge on any atom is -0.494 e. The summed E-state index contributed by atoms with van der Waals surface area (Å²) in [6.45, 7) is 5.37. The van der Waals surface area contributed by atoms with Crippen molar-refractivity contribution >= 4 is 0 Å². The topological polar surface area (TPSA) is 9.23 Å². The van der Waals surface area contributed by atoms with Crippen molar-refractivity contribution < 1.29 is 4.74 Å². The quantitative estimate of drug-likeness (QED) is 0.199. The summed E-state index contributed by atoms with van der Waals surface area (Å²) in [4.78, 5) is 0. The highest BCUT2D eigenvalue weighted by molar-refractivity contribution is 5.28. The molecule has 1 nitrogen and oxygen atoms in total. The van der Waals surface area contributed by atoms with Crippen molar-refractivity contribution in [3.05, 3.63) is 41.5 Å². The van der Waals surface area contributed by atoms with Crippen LogP contribution in [-0.2, 0) is 6.42 Å². The van der Waals surface area contributed by atoms with Crippen molar-refractivity contribution in [2.45, 2.75) is 117 Å². The summed E-state index contributed by atoms with van der Waals surface area (Å²) in [5.41, 5.74) is 3.14. The third kappa shape index (κ3) is 10.9. The number of unbranched alkanes of at least 4 members (excludes halogenated alkanes) is 8. The Morgan fingerprint density at radius 1 is 0.793 bits per heavy atom. The molecule has 1 aromatic carbocycles. The van der Waals surface area contributed by atoms with Crippen LogP contribution in [0.2, 0.25) is 0 Å². The first-order valence-electron chi connectivity index (χ1n) is 12.7. The summed E-state index contributed by atoms with van der Waals surface area (Å²) in [5, 5.41) is 0. The van der Waals surface area contributed by atoms with Crippen LogP contribution in [-0.4, -0.2) is 6.61 Å². The van der Waals surface area contributed by atoms with Crippen molar-refractivity contribution in [2.75, 3.05) is 6.61 Å². The number of ether oxygens (including phenoxy) is 1. The molecule has 29 heavy (non-hydrogen) atoms. The lowest BCUT2D eigenvalue weighted by atomic mass is 9.84. The number of allylic oxidation sites excluding steroid dienone is 2. The smallest absolute Gasteiger partial charge is 0.119 e. The highest BCUT2D eigenvalue weighted by Gasteiger charge is 2.14. The summed E-state index contributed by atoms with van der Waals surface area (Å²) in [5.74, 6) is 1.98. The second-order valence-corrected chi connectivity index (χ2v) is 9.11. The van der Waals surface area contributed by atoms with Crippen LogP contribution in [0.5, 0.6) is 5.75 Å². The lowest BCUT2D eigenvalue weighted by Gasteiger charge is -2.22. The molecule has 0 N–H and O–H groups in total. The van der Waals surface area contributed by atoms with Crippen LogP contribution in [0.15, 0.2) is 35.9 Å². The van der Waals surface area contributed by atoms with E-state index < -0.39 is 0 Å². The predicted molar refractivity (Wildman–Crippen MR) is 128 cm³/mol. The van der Waals surface area contributed by atoms with Gasteiger partial charge in [-0.15, -0.1) is 0 Å². The van der Waals surface area contributed by atoms with Crippen molar-refractivity contribution in [2.24, 2.45) is 5.92 Å². The van der Waals surface area contributed by atoms with Crippen LogP contribution in [0.4, 0.5) is 0 Å². The monoisotopic (exact) mass is 398 g/mol. The van der Waals surface area contributed by atoms with E-state index in [4.69, 9.17) is 4.74 Å². The summed E-state index contributed by atoms with van der Waals surface area (Å²) in [7, 11) is 0. The Morgan fingerprint density at radius 2 is 1.48 bits per heavy atom. The Morgan fingerprint density at radius 3 is 2.17 bits per heavy atom. The third-order valence-corrected chi connectivity index (χ3v) is 6.50. The van der Waals surface area contributed by atoms with E-state index in [1.807, 2.05) is 0 Å². The minimum atomic E-state index is 0.847. The van der Waals surface area contributed by atoms with Crippen molar-refractivity contribution in [3.63, 3.8) is 0 Å². The maximum Gasteiger partial charge on any atom is 0.119 e. The molecule has 0 radical (unpaired) electrons. The van der Waals surface area contributed by atoms with Gasteiger partial charge in [0.25, 0.3) is 0 Å². The molecule has 164 valence electrons. The van der Waals surface area contributed by atoms with E-state index in [9.17, 15) is 0 Å². The van der Waals surface area contributed by atoms with Gasteiger partial charge in [-0.05, 0) is 62.1 Å². The van der Waals surface area contributed by atoms with Crippen LogP contribution in [0, 0.1) is 5.92 Å². The van der Waals surface area contributed by atoms with Gasteiger partial charge in [0, 0.05) is 0 Å². The standard InChI is InChI=1S/C28H46O/c1-3-5-7-8-9-10-11-13-25-14-16-26(17-15-25)18-19-27-20-22-28(23-21-27)29-24-12-6-4-2/h16,20-23,25H,3-15,17-19,24H2,1-2H3. The molecule has 1 aliphatic rings. The molecule has 1 atom stereocenters. The van der Waals surface area contributed by atoms with Crippen molar-refractivity contribution in [1.82, 2.24) is 0 Å². The van der Waals surface area contributed by atoms with E-state index in [0.29, 0.717) is 0 Å². The number of hydrogen-bond acceptors (Lipinski definition) is 1. The average molecular weight is 399 g/mol. The Balaban J connectivity index is 1.56. The molecule has 0 heterocycles. The molecule has 0 saturated heterocycles. The first-order valence-corrected chi connectivity index (χ1v) is 12.7. The van der Waals surface area contributed by atoms with Gasteiger partial charge in [-0.2, -0.15) is 0 Å². The molecule has 1 heteroatoms. The summed E-state index contributed by atoms with van der Waals surface area (Å²) < 4.78 is 5.82. The van der Waals surface area contributed by atoms with E-state index in [0.717, 1.165) is 24.7 Å². The number of aryl methyl sites for hydroxylation is 1. The minimum absolute atomic E-state index is 0.847. The van der Waals surface area contributed by atoms with Crippen molar-refractivity contribution in [1.29, 1.82) is 0 Å². The van der Waals surface area contributed by atoms with Gasteiger partial charge in [-0.1, -0.05) is 102 Å². The van der Waals surface area contributed by atoms with E-state index in [2.05, 4.69) is 44.2 Å². The molecule has 0 fully saturated rings. The Hall–Kier alpha value is -1.24. The van der Waals surface area contributed by atoms with Gasteiger partial charge in [0.15, 0.2) is 0 Å². The Bertz CT molecular complexity index is 542. The van der Waals surface area contributed by atoms with Gasteiger partial charge in [-0.25, -0.2) is 0 Å². The molecule has 0 spiro atoms. The zero-order valence-electron chi connectivity index (χ0n) is 19.4. The van der Waals surface area contributed by atoms with E-state index >= 15 is 0 Å². The second-order valence-electron chi connectivity index (χ2n) is 9.11. The fourth-order valence-electron chi connectivity index (χ4n) is 4.42. The molecule has 0 saturated carbocycles. The van der Waals surface area contributed by atoms with Crippen molar-refractivity contribution in [3.8, 4) is 5.75 Å². The summed E-state index contributed by atoms with van der Waals surface area (Å²) >= 11 is 0. The van der Waals surface area contributed by atoms with E-state index in [1.54, 1.807) is 5.57 Å². The lowest BCUT2D eigenvalue weighted by molar-refractivity contribution is 0.306. The van der Waals surface area contributed by atoms with Gasteiger partial charge < -0.3 is 4.74 Å². The number of rotatable bonds is 16. The maximum absolute atomic E-state index is 5.82. The largest absolute Gasteiger partial charge is 0.494 e. The SMILES string of the molecule is CCCCCCCCCC1CC=C(CCc2ccc(OCCCCC)cc2)CC1. The zero-order valence-corrected chi connectivity index (χ0v) is 19.4. The van der Waals surface area contributed by atoms with Crippen LogP contribution in [0.25, 0.3) is 0 Å².